The first-order valence-electron chi connectivity index (χ1n) is 12.5. The normalized spacial score (nSPS) is 11.2. The van der Waals surface area contributed by atoms with E-state index in [1.54, 1.807) is 42.5 Å². The molecular formula is C32H25N3O3S2. The van der Waals surface area contributed by atoms with Crippen molar-refractivity contribution < 1.29 is 14.4 Å². The van der Waals surface area contributed by atoms with Gasteiger partial charge in [-0.05, 0) is 76.3 Å². The lowest BCUT2D eigenvalue weighted by Crippen LogP contribution is -2.30. The Balaban J connectivity index is 1.20. The van der Waals surface area contributed by atoms with Crippen LogP contribution in [0.25, 0.3) is 16.8 Å². The Kier molecular flexibility index (Phi) is 8.70. The molecule has 1 aromatic heterocycles. The number of thioether (sulfide) groups is 1. The lowest BCUT2D eigenvalue weighted by Gasteiger charge is -2.12. The highest BCUT2D eigenvalue weighted by molar-refractivity contribution is 8.00. The average Bonchev–Trinajstić information content (AvgIpc) is 3.50. The second-order valence-corrected chi connectivity index (χ2v) is 10.6. The number of anilines is 2. The highest BCUT2D eigenvalue weighted by Crippen LogP contribution is 2.25. The highest BCUT2D eigenvalue weighted by Gasteiger charge is 2.15. The van der Waals surface area contributed by atoms with Gasteiger partial charge in [0.05, 0.1) is 5.75 Å². The van der Waals surface area contributed by atoms with Crippen molar-refractivity contribution in [3.05, 3.63) is 131 Å². The first kappa shape index (κ1) is 26.9. The van der Waals surface area contributed by atoms with Gasteiger partial charge in [0, 0.05) is 27.2 Å². The van der Waals surface area contributed by atoms with Crippen LogP contribution >= 0.6 is 23.1 Å². The lowest BCUT2D eigenvalue weighted by molar-refractivity contribution is -0.114. The monoisotopic (exact) mass is 563 g/mol. The molecule has 0 unspecified atom stereocenters. The van der Waals surface area contributed by atoms with Crippen LogP contribution in [0.3, 0.4) is 0 Å². The maximum absolute atomic E-state index is 13.1. The minimum Gasteiger partial charge on any atom is -0.325 e. The van der Waals surface area contributed by atoms with E-state index in [9.17, 15) is 14.4 Å². The van der Waals surface area contributed by atoms with Crippen molar-refractivity contribution in [2.24, 2.45) is 0 Å². The number of nitrogens with one attached hydrogen (secondary N) is 3. The third kappa shape index (κ3) is 7.05. The van der Waals surface area contributed by atoms with Crippen LogP contribution in [0.1, 0.15) is 15.9 Å². The number of carbonyl (C=O) groups excluding carboxylic acids is 3. The van der Waals surface area contributed by atoms with E-state index in [0.717, 1.165) is 26.9 Å². The van der Waals surface area contributed by atoms with Gasteiger partial charge in [-0.2, -0.15) is 11.3 Å². The molecule has 0 bridgehead atoms. The zero-order valence-corrected chi connectivity index (χ0v) is 22.9. The summed E-state index contributed by atoms with van der Waals surface area (Å²) in [4.78, 5) is 39.3. The van der Waals surface area contributed by atoms with Crippen molar-refractivity contribution in [1.82, 2.24) is 5.32 Å². The van der Waals surface area contributed by atoms with Gasteiger partial charge in [-0.25, -0.2) is 0 Å². The second kappa shape index (κ2) is 12.9. The summed E-state index contributed by atoms with van der Waals surface area (Å²) in [6, 6.07) is 31.6. The molecule has 1 heterocycles. The van der Waals surface area contributed by atoms with Gasteiger partial charge in [-0.15, -0.1) is 11.8 Å². The molecule has 0 saturated heterocycles. The zero-order chi connectivity index (χ0) is 27.7. The van der Waals surface area contributed by atoms with Gasteiger partial charge >= 0.3 is 0 Å². The molecule has 3 amide bonds. The van der Waals surface area contributed by atoms with Crippen molar-refractivity contribution in [1.29, 1.82) is 0 Å². The summed E-state index contributed by atoms with van der Waals surface area (Å²) in [5.41, 5.74) is 2.76. The van der Waals surface area contributed by atoms with Crippen LogP contribution < -0.4 is 16.0 Å². The molecule has 0 aliphatic heterocycles. The Labute approximate surface area is 240 Å². The number of amides is 3. The van der Waals surface area contributed by atoms with E-state index in [4.69, 9.17) is 0 Å². The molecule has 198 valence electrons. The molecule has 5 aromatic rings. The van der Waals surface area contributed by atoms with Crippen LogP contribution in [0, 0.1) is 0 Å². The minimum atomic E-state index is -0.439. The van der Waals surface area contributed by atoms with E-state index in [-0.39, 0.29) is 23.3 Å². The first-order chi connectivity index (χ1) is 19.5. The molecule has 8 heteroatoms. The van der Waals surface area contributed by atoms with E-state index in [1.807, 2.05) is 77.5 Å². The summed E-state index contributed by atoms with van der Waals surface area (Å²) in [7, 11) is 0. The van der Waals surface area contributed by atoms with E-state index < -0.39 is 5.91 Å². The molecule has 4 aromatic carbocycles. The summed E-state index contributed by atoms with van der Waals surface area (Å²) in [5.74, 6) is -0.666. The summed E-state index contributed by atoms with van der Waals surface area (Å²) in [5, 5.41) is 14.4. The fraction of sp³-hybridized carbons (Fsp3) is 0.0312. The van der Waals surface area contributed by atoms with Crippen molar-refractivity contribution in [2.45, 2.75) is 4.90 Å². The third-order valence-corrected chi connectivity index (χ3v) is 7.64. The minimum absolute atomic E-state index is 0.101. The predicted octanol–water partition coefficient (Wildman–Crippen LogP) is 7.04. The molecule has 5 rings (SSSR count). The average molecular weight is 564 g/mol. The fourth-order valence-electron chi connectivity index (χ4n) is 3.97. The molecule has 0 spiro atoms. The van der Waals surface area contributed by atoms with Gasteiger partial charge in [-0.1, -0.05) is 54.6 Å². The number of hydrogen-bond acceptors (Lipinski definition) is 5. The molecule has 0 saturated carbocycles. The molecule has 6 nitrogen and oxygen atoms in total. The zero-order valence-electron chi connectivity index (χ0n) is 21.3. The molecule has 0 radical (unpaired) electrons. The van der Waals surface area contributed by atoms with Crippen LogP contribution in [0.4, 0.5) is 11.4 Å². The summed E-state index contributed by atoms with van der Waals surface area (Å²) in [6.07, 6.45) is 1.64. The number of benzene rings is 4. The second-order valence-electron chi connectivity index (χ2n) is 8.78. The molecule has 40 heavy (non-hydrogen) atoms. The van der Waals surface area contributed by atoms with Crippen molar-refractivity contribution in [2.75, 3.05) is 16.4 Å². The maximum atomic E-state index is 13.1. The van der Waals surface area contributed by atoms with Crippen molar-refractivity contribution >= 4 is 69.0 Å². The van der Waals surface area contributed by atoms with E-state index in [0.29, 0.717) is 11.3 Å². The number of hydrogen-bond donors (Lipinski definition) is 3. The van der Waals surface area contributed by atoms with E-state index in [2.05, 4.69) is 16.0 Å². The highest BCUT2D eigenvalue weighted by atomic mass is 32.2. The summed E-state index contributed by atoms with van der Waals surface area (Å²) in [6.45, 7) is 0. The van der Waals surface area contributed by atoms with E-state index in [1.165, 1.54) is 23.1 Å². The van der Waals surface area contributed by atoms with Crippen LogP contribution in [0.2, 0.25) is 0 Å². The van der Waals surface area contributed by atoms with E-state index >= 15 is 0 Å². The van der Waals surface area contributed by atoms with Gasteiger partial charge in [0.25, 0.3) is 11.8 Å². The standard InChI is InChI=1S/C32H25N3O3S2/c36-30(34-28-12-6-10-23-7-4-5-11-27(23)28)21-40-26-15-13-25(14-16-26)33-32(38)29(19-22-17-18-39-20-22)35-31(37)24-8-2-1-3-9-24/h1-20H,21H2,(H,33,38)(H,34,36)(H,35,37)/b29-19-. The molecule has 3 N–H and O–H groups in total. The van der Waals surface area contributed by atoms with Gasteiger partial charge in [0.15, 0.2) is 0 Å². The van der Waals surface area contributed by atoms with Crippen molar-refractivity contribution in [3.8, 4) is 0 Å². The predicted molar refractivity (Wildman–Crippen MR) is 165 cm³/mol. The van der Waals surface area contributed by atoms with Gasteiger partial charge in [0.2, 0.25) is 5.91 Å². The summed E-state index contributed by atoms with van der Waals surface area (Å²) >= 11 is 2.91. The quantitative estimate of drug-likeness (QED) is 0.133. The largest absolute Gasteiger partial charge is 0.325 e. The first-order valence-corrected chi connectivity index (χ1v) is 14.4. The Morgan fingerprint density at radius 3 is 2.30 bits per heavy atom. The van der Waals surface area contributed by atoms with Gasteiger partial charge in [-0.3, -0.25) is 14.4 Å². The molecule has 0 fully saturated rings. The van der Waals surface area contributed by atoms with Crippen LogP contribution in [-0.2, 0) is 9.59 Å². The Bertz CT molecular complexity index is 1660. The fourth-order valence-corrected chi connectivity index (χ4v) is 5.29. The van der Waals surface area contributed by atoms with Crippen LogP contribution in [0.5, 0.6) is 0 Å². The number of fused-ring (bicyclic) bond motifs is 1. The third-order valence-electron chi connectivity index (χ3n) is 5.93. The molecule has 0 aliphatic carbocycles. The molecular weight excluding hydrogens is 539 g/mol. The van der Waals surface area contributed by atoms with Crippen LogP contribution in [-0.4, -0.2) is 23.5 Å². The molecule has 0 aliphatic rings. The Morgan fingerprint density at radius 2 is 1.52 bits per heavy atom. The van der Waals surface area contributed by atoms with Gasteiger partial charge in [0.1, 0.15) is 5.70 Å². The van der Waals surface area contributed by atoms with Crippen molar-refractivity contribution in [3.63, 3.8) is 0 Å². The maximum Gasteiger partial charge on any atom is 0.272 e. The Morgan fingerprint density at radius 1 is 0.775 bits per heavy atom. The van der Waals surface area contributed by atoms with Gasteiger partial charge < -0.3 is 16.0 Å². The number of carbonyl (C=O) groups is 3. The topological polar surface area (TPSA) is 87.3 Å². The SMILES string of the molecule is O=C(CSc1ccc(NC(=O)/C(=C/c2ccsc2)NC(=O)c2ccccc2)cc1)Nc1cccc2ccccc12. The molecule has 0 atom stereocenters. The lowest BCUT2D eigenvalue weighted by atomic mass is 10.1. The van der Waals surface area contributed by atoms with Crippen LogP contribution in [0.15, 0.2) is 124 Å². The smallest absolute Gasteiger partial charge is 0.272 e. The Hall–Kier alpha value is -4.66. The number of thiophene rings is 1. The summed E-state index contributed by atoms with van der Waals surface area (Å²) < 4.78 is 0. The number of rotatable bonds is 9.